The summed E-state index contributed by atoms with van der Waals surface area (Å²) in [6, 6.07) is 21.0. The van der Waals surface area contributed by atoms with Gasteiger partial charge in [-0.25, -0.2) is 4.98 Å². The van der Waals surface area contributed by atoms with Gasteiger partial charge in [-0.3, -0.25) is 19.7 Å². The topological polar surface area (TPSA) is 124 Å². The summed E-state index contributed by atoms with van der Waals surface area (Å²) in [4.78, 5) is 45.1. The van der Waals surface area contributed by atoms with Crippen molar-refractivity contribution in [3.8, 4) is 0 Å². The number of fused-ring (bicyclic) bond motifs is 1. The van der Waals surface area contributed by atoms with Crippen LogP contribution in [0, 0.1) is 0 Å². The molecule has 4 aromatic rings. The second-order valence-electron chi connectivity index (χ2n) is 7.08. The average Bonchev–Trinajstić information content (AvgIpc) is 3.24. The van der Waals surface area contributed by atoms with Gasteiger partial charge in [0, 0.05) is 16.7 Å². The minimum atomic E-state index is -1.20. The van der Waals surface area contributed by atoms with Crippen LogP contribution in [0.4, 0.5) is 5.95 Å². The predicted octanol–water partition coefficient (Wildman–Crippen LogP) is 2.52. The van der Waals surface area contributed by atoms with Crippen LogP contribution in [0.25, 0.3) is 11.0 Å². The molecule has 4 rings (SSSR count). The molecule has 1 atom stereocenters. The average molecular weight is 428 g/mol. The summed E-state index contributed by atoms with van der Waals surface area (Å²) < 4.78 is 0. The number of ketones is 1. The van der Waals surface area contributed by atoms with Gasteiger partial charge < -0.3 is 15.4 Å². The molecule has 0 aliphatic carbocycles. The summed E-state index contributed by atoms with van der Waals surface area (Å²) in [5, 5.41) is 14.7. The Morgan fingerprint density at radius 2 is 1.56 bits per heavy atom. The van der Waals surface area contributed by atoms with E-state index in [1.165, 1.54) is 12.1 Å². The number of hydrogen-bond donors (Lipinski definition) is 4. The molecule has 0 bridgehead atoms. The molecule has 8 nitrogen and oxygen atoms in total. The van der Waals surface area contributed by atoms with Crippen LogP contribution in [0.15, 0.2) is 78.9 Å². The van der Waals surface area contributed by atoms with E-state index in [2.05, 4.69) is 20.6 Å². The molecular formula is C24H20N4O4. The summed E-state index contributed by atoms with van der Waals surface area (Å²) in [7, 11) is 0. The lowest BCUT2D eigenvalue weighted by atomic mass is 10.0. The normalized spacial score (nSPS) is 11.7. The zero-order chi connectivity index (χ0) is 22.5. The van der Waals surface area contributed by atoms with E-state index in [-0.39, 0.29) is 17.3 Å². The number of carbonyl (C=O) groups excluding carboxylic acids is 3. The largest absolute Gasteiger partial charge is 0.394 e. The van der Waals surface area contributed by atoms with Crippen LogP contribution in [-0.4, -0.2) is 45.3 Å². The number of aliphatic hydroxyl groups is 1. The fourth-order valence-electron chi connectivity index (χ4n) is 3.21. The Bertz CT molecular complexity index is 1250. The molecule has 0 aliphatic rings. The highest BCUT2D eigenvalue weighted by atomic mass is 16.3. The number of para-hydroxylation sites is 2. The van der Waals surface area contributed by atoms with Crippen LogP contribution < -0.4 is 10.6 Å². The van der Waals surface area contributed by atoms with Gasteiger partial charge >= 0.3 is 0 Å². The number of nitrogens with one attached hydrogen (secondary N) is 3. The van der Waals surface area contributed by atoms with E-state index in [1.54, 1.807) is 42.5 Å². The zero-order valence-corrected chi connectivity index (χ0v) is 16.9. The number of imidazole rings is 1. The summed E-state index contributed by atoms with van der Waals surface area (Å²) in [5.41, 5.74) is 2.46. The maximum Gasteiger partial charge on any atom is 0.252 e. The summed E-state index contributed by atoms with van der Waals surface area (Å²) in [5.74, 6) is -1.23. The van der Waals surface area contributed by atoms with Gasteiger partial charge in [-0.05, 0) is 24.3 Å². The van der Waals surface area contributed by atoms with E-state index >= 15 is 0 Å². The maximum absolute atomic E-state index is 12.7. The number of aliphatic hydroxyl groups excluding tert-OH is 1. The van der Waals surface area contributed by atoms with Gasteiger partial charge in [0.1, 0.15) is 6.04 Å². The molecule has 0 fully saturated rings. The minimum Gasteiger partial charge on any atom is -0.394 e. The molecule has 0 unspecified atom stereocenters. The molecule has 1 heterocycles. The van der Waals surface area contributed by atoms with Gasteiger partial charge in [0.15, 0.2) is 5.78 Å². The number of amides is 2. The SMILES string of the molecule is O=C(N[C@@H](CO)C(=O)Nc1nc2ccccc2[nH]1)c1cccc(C(=O)c2ccccc2)c1. The third kappa shape index (κ3) is 4.55. The van der Waals surface area contributed by atoms with E-state index in [4.69, 9.17) is 0 Å². The Balaban J connectivity index is 1.45. The van der Waals surface area contributed by atoms with Crippen molar-refractivity contribution in [1.82, 2.24) is 15.3 Å². The van der Waals surface area contributed by atoms with Gasteiger partial charge in [-0.15, -0.1) is 0 Å². The number of benzene rings is 3. The molecule has 1 aromatic heterocycles. The molecule has 2 amide bonds. The second kappa shape index (κ2) is 9.23. The van der Waals surface area contributed by atoms with Gasteiger partial charge in [-0.2, -0.15) is 0 Å². The first-order valence-electron chi connectivity index (χ1n) is 9.92. The monoisotopic (exact) mass is 428 g/mol. The number of aromatic nitrogens is 2. The number of H-pyrrole nitrogens is 1. The van der Waals surface area contributed by atoms with Crippen LogP contribution in [0.1, 0.15) is 26.3 Å². The van der Waals surface area contributed by atoms with Gasteiger partial charge in [0.05, 0.1) is 17.6 Å². The van der Waals surface area contributed by atoms with Crippen molar-refractivity contribution < 1.29 is 19.5 Å². The highest BCUT2D eigenvalue weighted by Gasteiger charge is 2.22. The lowest BCUT2D eigenvalue weighted by molar-refractivity contribution is -0.118. The van der Waals surface area contributed by atoms with E-state index in [0.717, 1.165) is 5.52 Å². The lowest BCUT2D eigenvalue weighted by Crippen LogP contribution is -2.46. The fraction of sp³-hybridized carbons (Fsp3) is 0.0833. The Hall–Kier alpha value is -4.30. The minimum absolute atomic E-state index is 0.196. The molecule has 0 radical (unpaired) electrons. The van der Waals surface area contributed by atoms with Crippen molar-refractivity contribution in [3.63, 3.8) is 0 Å². The molecule has 4 N–H and O–H groups in total. The number of anilines is 1. The van der Waals surface area contributed by atoms with E-state index in [0.29, 0.717) is 16.6 Å². The molecule has 3 aromatic carbocycles. The fourth-order valence-corrected chi connectivity index (χ4v) is 3.21. The van der Waals surface area contributed by atoms with Crippen LogP contribution in [0.5, 0.6) is 0 Å². The number of rotatable bonds is 7. The van der Waals surface area contributed by atoms with E-state index < -0.39 is 24.5 Å². The zero-order valence-electron chi connectivity index (χ0n) is 16.9. The first kappa shape index (κ1) is 21.0. The summed E-state index contributed by atoms with van der Waals surface area (Å²) in [6.07, 6.45) is 0. The number of carbonyl (C=O) groups is 3. The van der Waals surface area contributed by atoms with Gasteiger partial charge in [-0.1, -0.05) is 54.6 Å². The summed E-state index contributed by atoms with van der Waals surface area (Å²) in [6.45, 7) is -0.611. The second-order valence-corrected chi connectivity index (χ2v) is 7.08. The highest BCUT2D eigenvalue weighted by Crippen LogP contribution is 2.14. The van der Waals surface area contributed by atoms with Crippen LogP contribution >= 0.6 is 0 Å². The molecule has 160 valence electrons. The van der Waals surface area contributed by atoms with Crippen molar-refractivity contribution >= 4 is 34.6 Å². The van der Waals surface area contributed by atoms with Crippen LogP contribution in [0.2, 0.25) is 0 Å². The van der Waals surface area contributed by atoms with Crippen molar-refractivity contribution in [1.29, 1.82) is 0 Å². The van der Waals surface area contributed by atoms with E-state index in [1.807, 2.05) is 24.3 Å². The third-order valence-electron chi connectivity index (χ3n) is 4.86. The molecule has 0 aliphatic heterocycles. The number of hydrogen-bond acceptors (Lipinski definition) is 5. The number of nitrogens with zero attached hydrogens (tertiary/aromatic N) is 1. The Morgan fingerprint density at radius 3 is 2.31 bits per heavy atom. The highest BCUT2D eigenvalue weighted by molar-refractivity contribution is 6.10. The van der Waals surface area contributed by atoms with Crippen molar-refractivity contribution in [2.45, 2.75) is 6.04 Å². The van der Waals surface area contributed by atoms with Gasteiger partial charge in [0.2, 0.25) is 5.95 Å². The lowest BCUT2D eigenvalue weighted by Gasteiger charge is -2.15. The molecule has 0 saturated carbocycles. The quantitative estimate of drug-likeness (QED) is 0.337. The first-order chi connectivity index (χ1) is 15.5. The van der Waals surface area contributed by atoms with Crippen molar-refractivity contribution in [3.05, 3.63) is 95.6 Å². The van der Waals surface area contributed by atoms with E-state index in [9.17, 15) is 19.5 Å². The third-order valence-corrected chi connectivity index (χ3v) is 4.86. The summed E-state index contributed by atoms with van der Waals surface area (Å²) >= 11 is 0. The smallest absolute Gasteiger partial charge is 0.252 e. The first-order valence-corrected chi connectivity index (χ1v) is 9.92. The predicted molar refractivity (Wildman–Crippen MR) is 119 cm³/mol. The Morgan fingerprint density at radius 1 is 0.875 bits per heavy atom. The Labute approximate surface area is 183 Å². The van der Waals surface area contributed by atoms with Crippen molar-refractivity contribution in [2.24, 2.45) is 0 Å². The number of aromatic amines is 1. The molecule has 0 spiro atoms. The van der Waals surface area contributed by atoms with Gasteiger partial charge in [0.25, 0.3) is 11.8 Å². The van der Waals surface area contributed by atoms with Crippen LogP contribution in [-0.2, 0) is 4.79 Å². The molecule has 8 heteroatoms. The maximum atomic E-state index is 12.7. The molecular weight excluding hydrogens is 408 g/mol. The van der Waals surface area contributed by atoms with Crippen LogP contribution in [0.3, 0.4) is 0 Å². The molecule has 32 heavy (non-hydrogen) atoms. The standard InChI is InChI=1S/C24H20N4O4/c29-14-20(23(32)28-24-26-18-11-4-5-12-19(18)27-24)25-22(31)17-10-6-9-16(13-17)21(30)15-7-2-1-3-8-15/h1-13,20,29H,14H2,(H,25,31)(H2,26,27,28,32)/t20-/m0/s1. The van der Waals surface area contributed by atoms with Crippen molar-refractivity contribution in [2.75, 3.05) is 11.9 Å². The molecule has 0 saturated heterocycles. The Kier molecular flexibility index (Phi) is 6.05.